The van der Waals surface area contributed by atoms with Gasteiger partial charge in [0, 0.05) is 18.9 Å². The molecule has 1 aliphatic heterocycles. The fraction of sp³-hybridized carbons (Fsp3) is 0.500. The van der Waals surface area contributed by atoms with E-state index in [1.807, 2.05) is 6.07 Å². The van der Waals surface area contributed by atoms with Crippen LogP contribution in [-0.2, 0) is 0 Å². The molecule has 0 aliphatic carbocycles. The fourth-order valence-electron chi connectivity index (χ4n) is 2.75. The number of anilines is 1. The Morgan fingerprint density at radius 1 is 1.36 bits per heavy atom. The Labute approximate surface area is 123 Å². The Hall–Kier alpha value is -2.04. The van der Waals surface area contributed by atoms with Gasteiger partial charge < -0.3 is 9.64 Å². The largest absolute Gasteiger partial charge is 0.491 e. The van der Waals surface area contributed by atoms with Crippen LogP contribution in [-0.4, -0.2) is 25.9 Å². The third-order valence-corrected chi connectivity index (χ3v) is 3.69. The summed E-state index contributed by atoms with van der Waals surface area (Å²) in [5.74, 6) is -3.67. The number of hydrogen-bond acceptors (Lipinski definition) is 3. The summed E-state index contributed by atoms with van der Waals surface area (Å²) < 4.78 is 69.4. The van der Waals surface area contributed by atoms with Crippen LogP contribution in [0, 0.1) is 28.9 Å². The molecule has 3 nitrogen and oxygen atoms in total. The maximum Gasteiger partial charge on any atom is 0.389 e. The summed E-state index contributed by atoms with van der Waals surface area (Å²) >= 11 is 0. The van der Waals surface area contributed by atoms with Crippen molar-refractivity contribution in [2.24, 2.45) is 5.92 Å². The van der Waals surface area contributed by atoms with Crippen molar-refractivity contribution in [1.29, 1.82) is 5.26 Å². The fourth-order valence-corrected chi connectivity index (χ4v) is 2.75. The van der Waals surface area contributed by atoms with Crippen LogP contribution in [0.1, 0.15) is 12.8 Å². The second-order valence-electron chi connectivity index (χ2n) is 5.05. The highest BCUT2D eigenvalue weighted by atomic mass is 19.4. The van der Waals surface area contributed by atoms with Gasteiger partial charge in [0.1, 0.15) is 6.04 Å². The molecule has 0 saturated carbocycles. The number of ether oxygens (including phenoxy) is 1. The smallest absolute Gasteiger partial charge is 0.389 e. The van der Waals surface area contributed by atoms with Crippen LogP contribution >= 0.6 is 0 Å². The molecular formula is C14H13F5N2O. The van der Waals surface area contributed by atoms with Crippen molar-refractivity contribution in [2.45, 2.75) is 25.1 Å². The molecule has 120 valence electrons. The monoisotopic (exact) mass is 320 g/mol. The van der Waals surface area contributed by atoms with Gasteiger partial charge in [0.2, 0.25) is 5.82 Å². The van der Waals surface area contributed by atoms with Crippen LogP contribution in [0.25, 0.3) is 0 Å². The highest BCUT2D eigenvalue weighted by molar-refractivity contribution is 5.61. The average Bonchev–Trinajstić information content (AvgIpc) is 2.82. The molecule has 1 saturated heterocycles. The van der Waals surface area contributed by atoms with Gasteiger partial charge in [0.05, 0.1) is 18.9 Å². The third kappa shape index (κ3) is 3.08. The number of methoxy groups -OCH3 is 1. The first-order valence-corrected chi connectivity index (χ1v) is 6.53. The normalized spacial score (nSPS) is 21.8. The zero-order valence-corrected chi connectivity index (χ0v) is 11.6. The Balaban J connectivity index is 2.34. The summed E-state index contributed by atoms with van der Waals surface area (Å²) in [6.07, 6.45) is -5.33. The molecule has 2 unspecified atom stereocenters. The van der Waals surface area contributed by atoms with E-state index in [-0.39, 0.29) is 18.7 Å². The molecule has 0 amide bonds. The zero-order valence-electron chi connectivity index (χ0n) is 11.6. The van der Waals surface area contributed by atoms with Crippen molar-refractivity contribution in [3.8, 4) is 11.8 Å². The molecule has 1 aromatic rings. The van der Waals surface area contributed by atoms with Gasteiger partial charge in [-0.1, -0.05) is 0 Å². The highest BCUT2D eigenvalue weighted by Crippen LogP contribution is 2.41. The first-order valence-electron chi connectivity index (χ1n) is 6.53. The molecule has 0 N–H and O–H groups in total. The Morgan fingerprint density at radius 2 is 2.05 bits per heavy atom. The van der Waals surface area contributed by atoms with Gasteiger partial charge in [-0.15, -0.1) is 0 Å². The Morgan fingerprint density at radius 3 is 2.59 bits per heavy atom. The quantitative estimate of drug-likeness (QED) is 0.798. The molecule has 0 radical (unpaired) electrons. The lowest BCUT2D eigenvalue weighted by Gasteiger charge is -2.26. The molecular weight excluding hydrogens is 307 g/mol. The molecule has 22 heavy (non-hydrogen) atoms. The first kappa shape index (κ1) is 16.3. The Bertz CT molecular complexity index is 596. The van der Waals surface area contributed by atoms with Gasteiger partial charge in [-0.05, 0) is 18.6 Å². The van der Waals surface area contributed by atoms with Gasteiger partial charge in [-0.3, -0.25) is 0 Å². The minimum atomic E-state index is -4.38. The van der Waals surface area contributed by atoms with Crippen LogP contribution < -0.4 is 9.64 Å². The van der Waals surface area contributed by atoms with Crippen molar-refractivity contribution >= 4 is 5.69 Å². The molecule has 0 bridgehead atoms. The van der Waals surface area contributed by atoms with Crippen molar-refractivity contribution in [1.82, 2.24) is 0 Å². The van der Waals surface area contributed by atoms with Crippen molar-refractivity contribution in [2.75, 3.05) is 18.6 Å². The second kappa shape index (κ2) is 5.99. The van der Waals surface area contributed by atoms with Crippen LogP contribution in [0.2, 0.25) is 0 Å². The Kier molecular flexibility index (Phi) is 4.44. The highest BCUT2D eigenvalue weighted by Gasteiger charge is 2.42. The van der Waals surface area contributed by atoms with E-state index in [1.54, 1.807) is 0 Å². The molecule has 2 rings (SSSR count). The number of rotatable bonds is 3. The van der Waals surface area contributed by atoms with E-state index in [0.717, 1.165) is 13.2 Å². The molecule has 1 heterocycles. The SMILES string of the molecule is COc1c(N2CCC(CC(F)(F)F)C2C#N)ccc(F)c1F. The van der Waals surface area contributed by atoms with E-state index in [4.69, 9.17) is 4.74 Å². The third-order valence-electron chi connectivity index (χ3n) is 3.69. The number of nitriles is 1. The summed E-state index contributed by atoms with van der Waals surface area (Å²) in [5, 5.41) is 9.18. The van der Waals surface area contributed by atoms with E-state index in [2.05, 4.69) is 0 Å². The van der Waals surface area contributed by atoms with E-state index in [0.29, 0.717) is 0 Å². The summed E-state index contributed by atoms with van der Waals surface area (Å²) in [7, 11) is 1.13. The molecule has 0 spiro atoms. The summed E-state index contributed by atoms with van der Waals surface area (Å²) in [6, 6.07) is 2.82. The maximum absolute atomic E-state index is 13.7. The molecule has 1 aliphatic rings. The number of benzene rings is 1. The summed E-state index contributed by atoms with van der Waals surface area (Å²) in [5.41, 5.74) is 0.0811. The van der Waals surface area contributed by atoms with Crippen LogP contribution in [0.4, 0.5) is 27.6 Å². The maximum atomic E-state index is 13.7. The van der Waals surface area contributed by atoms with Crippen molar-refractivity contribution in [3.63, 3.8) is 0 Å². The molecule has 2 atom stereocenters. The molecule has 8 heteroatoms. The molecule has 0 aromatic heterocycles. The predicted octanol–water partition coefficient (Wildman–Crippen LogP) is 3.64. The van der Waals surface area contributed by atoms with Gasteiger partial charge in [-0.25, -0.2) is 4.39 Å². The van der Waals surface area contributed by atoms with Gasteiger partial charge in [-0.2, -0.15) is 22.8 Å². The lowest BCUT2D eigenvalue weighted by molar-refractivity contribution is -0.143. The number of halogens is 5. The van der Waals surface area contributed by atoms with Crippen LogP contribution in [0.3, 0.4) is 0 Å². The summed E-state index contributed by atoms with van der Waals surface area (Å²) in [6.45, 7) is 0.139. The van der Waals surface area contributed by atoms with Crippen molar-refractivity contribution < 1.29 is 26.7 Å². The zero-order chi connectivity index (χ0) is 16.5. The van der Waals surface area contributed by atoms with E-state index < -0.39 is 41.9 Å². The van der Waals surface area contributed by atoms with Gasteiger partial charge in [0.25, 0.3) is 0 Å². The van der Waals surface area contributed by atoms with E-state index in [1.165, 1.54) is 11.0 Å². The lowest BCUT2D eigenvalue weighted by atomic mass is 9.97. The van der Waals surface area contributed by atoms with Gasteiger partial charge >= 0.3 is 6.18 Å². The summed E-state index contributed by atoms with van der Waals surface area (Å²) in [4.78, 5) is 1.33. The van der Waals surface area contributed by atoms with Crippen LogP contribution in [0.5, 0.6) is 5.75 Å². The first-order chi connectivity index (χ1) is 10.3. The number of hydrogen-bond donors (Lipinski definition) is 0. The number of alkyl halides is 3. The minimum absolute atomic E-state index is 0.0811. The van der Waals surface area contributed by atoms with Crippen molar-refractivity contribution in [3.05, 3.63) is 23.8 Å². The molecule has 1 fully saturated rings. The number of nitrogens with zero attached hydrogens (tertiary/aromatic N) is 2. The second-order valence-corrected chi connectivity index (χ2v) is 5.05. The van der Waals surface area contributed by atoms with Gasteiger partial charge in [0.15, 0.2) is 11.6 Å². The molecule has 1 aromatic carbocycles. The van der Waals surface area contributed by atoms with E-state index in [9.17, 15) is 27.2 Å². The van der Waals surface area contributed by atoms with E-state index >= 15 is 0 Å². The lowest BCUT2D eigenvalue weighted by Crippen LogP contribution is -2.33. The minimum Gasteiger partial charge on any atom is -0.491 e. The average molecular weight is 320 g/mol. The topological polar surface area (TPSA) is 36.3 Å². The standard InChI is InChI=1S/C14H13F5N2O/c1-22-13-10(3-2-9(15)12(13)16)21-5-4-8(11(21)7-20)6-14(17,18)19/h2-3,8,11H,4-6H2,1H3. The predicted molar refractivity (Wildman–Crippen MR) is 68.4 cm³/mol. The van der Waals surface area contributed by atoms with Crippen LogP contribution in [0.15, 0.2) is 12.1 Å².